The molecule has 0 radical (unpaired) electrons. The highest BCUT2D eigenvalue weighted by Gasteiger charge is 2.34. The van der Waals surface area contributed by atoms with Crippen LogP contribution in [0.2, 0.25) is 0 Å². The molecule has 1 fully saturated rings. The van der Waals surface area contributed by atoms with Gasteiger partial charge in [-0.05, 0) is 44.2 Å². The van der Waals surface area contributed by atoms with Crippen LogP contribution in [-0.2, 0) is 6.42 Å². The molecule has 0 spiro atoms. The number of piperidine rings is 1. The van der Waals surface area contributed by atoms with Gasteiger partial charge in [-0.1, -0.05) is 50.1 Å². The highest BCUT2D eigenvalue weighted by atomic mass is 15.0. The summed E-state index contributed by atoms with van der Waals surface area (Å²) in [7, 11) is 0. The van der Waals surface area contributed by atoms with Crippen LogP contribution in [0.3, 0.4) is 0 Å². The van der Waals surface area contributed by atoms with Crippen molar-refractivity contribution in [3.8, 4) is 0 Å². The summed E-state index contributed by atoms with van der Waals surface area (Å²) in [5.74, 6) is 0.698. The van der Waals surface area contributed by atoms with E-state index in [0.29, 0.717) is 11.5 Å². The topological polar surface area (TPSA) is 12.0 Å². The maximum atomic E-state index is 3.80. The molecule has 1 heteroatoms. The quantitative estimate of drug-likeness (QED) is 0.836. The van der Waals surface area contributed by atoms with E-state index in [2.05, 4.69) is 50.4 Å². The Balaban J connectivity index is 2.17. The maximum absolute atomic E-state index is 3.80. The minimum atomic E-state index is 0.325. The summed E-state index contributed by atoms with van der Waals surface area (Å²) in [5, 5.41) is 3.80. The molecule has 1 saturated heterocycles. The Morgan fingerprint density at radius 1 is 1.29 bits per heavy atom. The molecule has 0 saturated carbocycles. The van der Waals surface area contributed by atoms with E-state index in [9.17, 15) is 0 Å². The third kappa shape index (κ3) is 2.90. The van der Waals surface area contributed by atoms with Gasteiger partial charge >= 0.3 is 0 Å². The summed E-state index contributed by atoms with van der Waals surface area (Å²) in [5.41, 5.74) is 3.18. The number of benzene rings is 1. The Kier molecular flexibility index (Phi) is 3.88. The van der Waals surface area contributed by atoms with E-state index in [1.54, 1.807) is 0 Å². The van der Waals surface area contributed by atoms with Crippen LogP contribution >= 0.6 is 0 Å². The van der Waals surface area contributed by atoms with Gasteiger partial charge in [0.25, 0.3) is 0 Å². The molecule has 1 heterocycles. The fraction of sp³-hybridized carbons (Fsp3) is 0.625. The molecule has 0 aliphatic carbocycles. The van der Waals surface area contributed by atoms with E-state index < -0.39 is 0 Å². The van der Waals surface area contributed by atoms with Crippen molar-refractivity contribution in [3.63, 3.8) is 0 Å². The Hall–Kier alpha value is -0.820. The first-order valence-electron chi connectivity index (χ1n) is 6.93. The molecule has 1 nitrogen and oxygen atoms in total. The SMILES string of the molecule is Cc1cccc(CC2(C(C)C)CCCCN2)c1. The third-order valence-electron chi connectivity index (χ3n) is 4.23. The van der Waals surface area contributed by atoms with Gasteiger partial charge in [-0.25, -0.2) is 0 Å². The predicted molar refractivity (Wildman–Crippen MR) is 74.3 cm³/mol. The van der Waals surface area contributed by atoms with Crippen LogP contribution in [0.4, 0.5) is 0 Å². The molecule has 1 aromatic rings. The molecule has 17 heavy (non-hydrogen) atoms. The lowest BCUT2D eigenvalue weighted by molar-refractivity contribution is 0.182. The molecule has 0 bridgehead atoms. The minimum absolute atomic E-state index is 0.325. The van der Waals surface area contributed by atoms with Crippen molar-refractivity contribution in [1.29, 1.82) is 0 Å². The van der Waals surface area contributed by atoms with E-state index in [-0.39, 0.29) is 0 Å². The van der Waals surface area contributed by atoms with Gasteiger partial charge < -0.3 is 5.32 Å². The van der Waals surface area contributed by atoms with Crippen molar-refractivity contribution in [2.45, 2.75) is 52.0 Å². The van der Waals surface area contributed by atoms with E-state index in [1.807, 2.05) is 0 Å². The zero-order valence-corrected chi connectivity index (χ0v) is 11.4. The Morgan fingerprint density at radius 2 is 2.12 bits per heavy atom. The summed E-state index contributed by atoms with van der Waals surface area (Å²) in [6, 6.07) is 8.97. The van der Waals surface area contributed by atoms with Crippen LogP contribution in [0.25, 0.3) is 0 Å². The molecule has 0 aromatic heterocycles. The van der Waals surface area contributed by atoms with E-state index in [4.69, 9.17) is 0 Å². The van der Waals surface area contributed by atoms with Crippen molar-refractivity contribution < 1.29 is 0 Å². The molecular formula is C16H25N. The molecule has 1 atom stereocenters. The van der Waals surface area contributed by atoms with Gasteiger partial charge in [0.05, 0.1) is 0 Å². The molecule has 1 aliphatic rings. The highest BCUT2D eigenvalue weighted by Crippen LogP contribution is 2.31. The smallest absolute Gasteiger partial charge is 0.0244 e. The van der Waals surface area contributed by atoms with Crippen LogP contribution in [0, 0.1) is 12.8 Å². The molecule has 2 rings (SSSR count). The second kappa shape index (κ2) is 5.22. The van der Waals surface area contributed by atoms with E-state index in [0.717, 1.165) is 0 Å². The van der Waals surface area contributed by atoms with Gasteiger partial charge in [-0.2, -0.15) is 0 Å². The average molecular weight is 231 g/mol. The molecule has 1 unspecified atom stereocenters. The van der Waals surface area contributed by atoms with E-state index >= 15 is 0 Å². The average Bonchev–Trinajstić information content (AvgIpc) is 2.30. The summed E-state index contributed by atoms with van der Waals surface area (Å²) >= 11 is 0. The van der Waals surface area contributed by atoms with Crippen molar-refractivity contribution in [2.75, 3.05) is 6.54 Å². The lowest BCUT2D eigenvalue weighted by Crippen LogP contribution is -2.54. The second-order valence-electron chi connectivity index (χ2n) is 5.86. The van der Waals surface area contributed by atoms with Crippen molar-refractivity contribution in [3.05, 3.63) is 35.4 Å². The first-order chi connectivity index (χ1) is 8.12. The molecule has 0 amide bonds. The van der Waals surface area contributed by atoms with Crippen LogP contribution in [0.15, 0.2) is 24.3 Å². The maximum Gasteiger partial charge on any atom is 0.0244 e. The number of hydrogen-bond donors (Lipinski definition) is 1. The molecule has 1 aliphatic heterocycles. The molecular weight excluding hydrogens is 206 g/mol. The third-order valence-corrected chi connectivity index (χ3v) is 4.23. The monoisotopic (exact) mass is 231 g/mol. The van der Waals surface area contributed by atoms with Gasteiger partial charge in [0, 0.05) is 5.54 Å². The highest BCUT2D eigenvalue weighted by molar-refractivity contribution is 5.24. The summed E-state index contributed by atoms with van der Waals surface area (Å²) < 4.78 is 0. The van der Waals surface area contributed by atoms with Crippen molar-refractivity contribution in [2.24, 2.45) is 5.92 Å². The zero-order chi connectivity index (χ0) is 12.3. The normalized spacial score (nSPS) is 25.2. The standard InChI is InChI=1S/C16H25N/c1-13(2)16(9-4-5-10-17-16)12-15-8-6-7-14(3)11-15/h6-8,11,13,17H,4-5,9-10,12H2,1-3H3. The van der Waals surface area contributed by atoms with Gasteiger partial charge in [0.15, 0.2) is 0 Å². The summed E-state index contributed by atoms with van der Waals surface area (Å²) in [6.45, 7) is 8.08. The van der Waals surface area contributed by atoms with Crippen LogP contribution in [0.1, 0.15) is 44.2 Å². The Labute approximate surface area is 106 Å². The molecule has 1 aromatic carbocycles. The van der Waals surface area contributed by atoms with Gasteiger partial charge in [-0.3, -0.25) is 0 Å². The minimum Gasteiger partial charge on any atom is -0.311 e. The van der Waals surface area contributed by atoms with Gasteiger partial charge in [0.1, 0.15) is 0 Å². The predicted octanol–water partition coefficient (Wildman–Crippen LogP) is 3.71. The fourth-order valence-corrected chi connectivity index (χ4v) is 3.03. The first-order valence-corrected chi connectivity index (χ1v) is 6.93. The van der Waals surface area contributed by atoms with Crippen LogP contribution in [0.5, 0.6) is 0 Å². The largest absolute Gasteiger partial charge is 0.311 e. The number of aryl methyl sites for hydroxylation is 1. The number of nitrogens with one attached hydrogen (secondary N) is 1. The Bertz CT molecular complexity index is 362. The second-order valence-corrected chi connectivity index (χ2v) is 5.86. The van der Waals surface area contributed by atoms with E-state index in [1.165, 1.54) is 43.4 Å². The van der Waals surface area contributed by atoms with Gasteiger partial charge in [-0.15, -0.1) is 0 Å². The lowest BCUT2D eigenvalue weighted by Gasteiger charge is -2.42. The first kappa shape index (κ1) is 12.6. The number of rotatable bonds is 3. The summed E-state index contributed by atoms with van der Waals surface area (Å²) in [4.78, 5) is 0. The van der Waals surface area contributed by atoms with Crippen molar-refractivity contribution >= 4 is 0 Å². The number of hydrogen-bond acceptors (Lipinski definition) is 1. The Morgan fingerprint density at radius 3 is 2.71 bits per heavy atom. The summed E-state index contributed by atoms with van der Waals surface area (Å²) in [6.07, 6.45) is 5.20. The van der Waals surface area contributed by atoms with Crippen LogP contribution in [-0.4, -0.2) is 12.1 Å². The molecule has 94 valence electrons. The van der Waals surface area contributed by atoms with Crippen molar-refractivity contribution in [1.82, 2.24) is 5.32 Å². The van der Waals surface area contributed by atoms with Crippen LogP contribution < -0.4 is 5.32 Å². The fourth-order valence-electron chi connectivity index (χ4n) is 3.03. The lowest BCUT2D eigenvalue weighted by atomic mass is 9.75. The zero-order valence-electron chi connectivity index (χ0n) is 11.4. The molecule has 1 N–H and O–H groups in total. The van der Waals surface area contributed by atoms with Gasteiger partial charge in [0.2, 0.25) is 0 Å².